The van der Waals surface area contributed by atoms with E-state index in [1.165, 1.54) is 0 Å². The summed E-state index contributed by atoms with van der Waals surface area (Å²) in [4.78, 5) is 11.2. The fraction of sp³-hybridized carbons (Fsp3) is 0.750. The van der Waals surface area contributed by atoms with Crippen LogP contribution >= 0.6 is 0 Å². The van der Waals surface area contributed by atoms with Gasteiger partial charge in [-0.1, -0.05) is 22.3 Å². The third-order valence-corrected chi connectivity index (χ3v) is 0.0393. The van der Waals surface area contributed by atoms with Gasteiger partial charge in [0.1, 0.15) is 0 Å². The summed E-state index contributed by atoms with van der Waals surface area (Å²) in [6.45, 7) is -0.181. The van der Waals surface area contributed by atoms with E-state index >= 15 is 0 Å². The van der Waals surface area contributed by atoms with Crippen molar-refractivity contribution in [3.8, 4) is 0 Å². The first-order chi connectivity index (χ1) is 1.91. The zero-order valence-corrected chi connectivity index (χ0v) is 5.93. The van der Waals surface area contributed by atoms with Crippen molar-refractivity contribution in [1.82, 2.24) is 0 Å². The second kappa shape index (κ2) is 42.8. The molecular formula is C4H13KO3. The summed E-state index contributed by atoms with van der Waals surface area (Å²) in [5, 5.41) is 8.43. The first-order valence-corrected chi connectivity index (χ1v) is 0.638. The Morgan fingerprint density at radius 3 is 1.38 bits per heavy atom. The van der Waals surface area contributed by atoms with Crippen LogP contribution in [-0.4, -0.2) is 6.47 Å². The molecule has 0 aliphatic rings. The monoisotopic (exact) mass is 148 g/mol. The fourth-order valence-electron chi connectivity index (χ4n) is 0. The molecule has 8 heavy (non-hydrogen) atoms. The molecule has 0 unspecified atom stereocenters. The SMILES string of the molecule is C.C.C.O=CO[O-].[K+]. The van der Waals surface area contributed by atoms with Crippen molar-refractivity contribution in [3.05, 3.63) is 0 Å². The van der Waals surface area contributed by atoms with Crippen LogP contribution in [0.2, 0.25) is 0 Å². The van der Waals surface area contributed by atoms with E-state index < -0.39 is 0 Å². The Balaban J connectivity index is -0.00000000750. The van der Waals surface area contributed by atoms with Gasteiger partial charge in [-0.3, -0.25) is 4.79 Å². The summed E-state index contributed by atoms with van der Waals surface area (Å²) in [7, 11) is 0. The van der Waals surface area contributed by atoms with E-state index in [0.29, 0.717) is 0 Å². The zero-order valence-electron chi connectivity index (χ0n) is 2.80. The molecular weight excluding hydrogens is 135 g/mol. The predicted molar refractivity (Wildman–Crippen MR) is 27.3 cm³/mol. The van der Waals surface area contributed by atoms with Crippen LogP contribution in [0, 0.1) is 0 Å². The molecule has 0 heterocycles. The van der Waals surface area contributed by atoms with Crippen LogP contribution in [0.5, 0.6) is 0 Å². The summed E-state index contributed by atoms with van der Waals surface area (Å²) in [6.07, 6.45) is 0. The Kier molecular flexibility index (Phi) is 191. The predicted octanol–water partition coefficient (Wildman–Crippen LogP) is -2.65. The van der Waals surface area contributed by atoms with E-state index in [-0.39, 0.29) is 80.1 Å². The van der Waals surface area contributed by atoms with Crippen molar-refractivity contribution >= 4 is 6.47 Å². The summed E-state index contributed by atoms with van der Waals surface area (Å²) in [5.41, 5.74) is 0. The van der Waals surface area contributed by atoms with Gasteiger partial charge in [0, 0.05) is 0 Å². The minimum absolute atomic E-state index is 0. The third-order valence-electron chi connectivity index (χ3n) is 0.0393. The van der Waals surface area contributed by atoms with Gasteiger partial charge in [0.15, 0.2) is 0 Å². The Bertz CT molecular complexity index is 25.2. The number of hydrogen-bond acceptors (Lipinski definition) is 3. The van der Waals surface area contributed by atoms with Crippen LogP contribution in [0.1, 0.15) is 22.3 Å². The number of hydrogen-bond donors (Lipinski definition) is 0. The zero-order chi connectivity index (χ0) is 3.41. The summed E-state index contributed by atoms with van der Waals surface area (Å²) in [6, 6.07) is 0. The van der Waals surface area contributed by atoms with Crippen LogP contribution in [-0.2, 0) is 9.68 Å². The Labute approximate surface area is 93.8 Å². The molecule has 0 radical (unpaired) electrons. The Morgan fingerprint density at radius 2 is 1.38 bits per heavy atom. The Morgan fingerprint density at radius 1 is 1.25 bits per heavy atom. The molecule has 0 atom stereocenters. The van der Waals surface area contributed by atoms with Gasteiger partial charge in [0.2, 0.25) is 0 Å². The van der Waals surface area contributed by atoms with E-state index in [1.807, 2.05) is 0 Å². The van der Waals surface area contributed by atoms with E-state index in [4.69, 9.17) is 10.1 Å². The summed E-state index contributed by atoms with van der Waals surface area (Å²) in [5.74, 6) is 0. The van der Waals surface area contributed by atoms with E-state index in [1.54, 1.807) is 0 Å². The molecule has 0 bridgehead atoms. The standard InChI is InChI=1S/CH2O3.3CH4.K/c2-1-4-3;;;;/h1,3H;3*1H4;/q;;;;+1/p-1. The van der Waals surface area contributed by atoms with Gasteiger partial charge in [-0.05, 0) is 0 Å². The quantitative estimate of drug-likeness (QED) is 0.177. The van der Waals surface area contributed by atoms with Gasteiger partial charge in [-0.2, -0.15) is 0 Å². The number of carbonyl (C=O) groups excluding carboxylic acids is 1. The topological polar surface area (TPSA) is 49.4 Å². The van der Waals surface area contributed by atoms with Gasteiger partial charge >= 0.3 is 51.4 Å². The van der Waals surface area contributed by atoms with Crippen LogP contribution in [0.3, 0.4) is 0 Å². The average molecular weight is 148 g/mol. The minimum atomic E-state index is -0.181. The molecule has 0 aromatic rings. The van der Waals surface area contributed by atoms with Crippen molar-refractivity contribution in [1.29, 1.82) is 0 Å². The molecule has 0 fully saturated rings. The molecule has 0 spiro atoms. The van der Waals surface area contributed by atoms with Crippen LogP contribution in [0.15, 0.2) is 0 Å². The van der Waals surface area contributed by atoms with E-state index in [2.05, 4.69) is 4.89 Å². The third kappa shape index (κ3) is 60.9. The molecule has 0 saturated carbocycles. The largest absolute Gasteiger partial charge is 1.00 e. The van der Waals surface area contributed by atoms with Gasteiger partial charge in [0.25, 0.3) is 6.47 Å². The van der Waals surface area contributed by atoms with Crippen molar-refractivity contribution in [2.45, 2.75) is 22.3 Å². The van der Waals surface area contributed by atoms with Crippen molar-refractivity contribution in [3.63, 3.8) is 0 Å². The van der Waals surface area contributed by atoms with Gasteiger partial charge < -0.3 is 10.1 Å². The minimum Gasteiger partial charge on any atom is -0.662 e. The first kappa shape index (κ1) is 35.7. The molecule has 3 nitrogen and oxygen atoms in total. The normalized spacial score (nSPS) is 2.62. The first-order valence-electron chi connectivity index (χ1n) is 0.638. The van der Waals surface area contributed by atoms with E-state index in [0.717, 1.165) is 0 Å². The van der Waals surface area contributed by atoms with Gasteiger partial charge in [0.05, 0.1) is 0 Å². The molecule has 48 valence electrons. The molecule has 4 heteroatoms. The van der Waals surface area contributed by atoms with Crippen molar-refractivity contribution < 1.29 is 66.3 Å². The molecule has 0 aromatic heterocycles. The number of rotatable bonds is 1. The maximum Gasteiger partial charge on any atom is 1.00 e. The van der Waals surface area contributed by atoms with Crippen LogP contribution < -0.4 is 56.6 Å². The average Bonchev–Trinajstić information content (AvgIpc) is 1.37. The summed E-state index contributed by atoms with van der Waals surface area (Å²) < 4.78 is 0. The van der Waals surface area contributed by atoms with Gasteiger partial charge in [-0.15, -0.1) is 0 Å². The molecule has 0 amide bonds. The molecule has 0 rings (SSSR count). The summed E-state index contributed by atoms with van der Waals surface area (Å²) >= 11 is 0. The smallest absolute Gasteiger partial charge is 0.662 e. The molecule has 0 N–H and O–H groups in total. The maximum absolute atomic E-state index is 8.64. The second-order valence-electron chi connectivity index (χ2n) is 0.192. The molecule has 0 saturated heterocycles. The van der Waals surface area contributed by atoms with Crippen LogP contribution in [0.25, 0.3) is 0 Å². The van der Waals surface area contributed by atoms with Crippen molar-refractivity contribution in [2.24, 2.45) is 0 Å². The second-order valence-corrected chi connectivity index (χ2v) is 0.192. The number of carbonyl (C=O) groups is 1. The Hall–Kier alpha value is 1.07. The maximum atomic E-state index is 8.64. The van der Waals surface area contributed by atoms with Crippen molar-refractivity contribution in [2.75, 3.05) is 0 Å². The molecule has 0 aliphatic carbocycles. The molecule has 0 aromatic carbocycles. The molecule has 0 aliphatic heterocycles. The fourth-order valence-corrected chi connectivity index (χ4v) is 0. The van der Waals surface area contributed by atoms with E-state index in [9.17, 15) is 0 Å². The van der Waals surface area contributed by atoms with Gasteiger partial charge in [-0.25, -0.2) is 0 Å². The van der Waals surface area contributed by atoms with Crippen LogP contribution in [0.4, 0.5) is 0 Å².